The van der Waals surface area contributed by atoms with Crippen molar-refractivity contribution in [3.8, 4) is 0 Å². The lowest BCUT2D eigenvalue weighted by molar-refractivity contribution is -0.138. The van der Waals surface area contributed by atoms with Gasteiger partial charge in [0.15, 0.2) is 0 Å². The number of rotatable bonds is 11. The van der Waals surface area contributed by atoms with Gasteiger partial charge in [0, 0.05) is 23.4 Å². The van der Waals surface area contributed by atoms with Gasteiger partial charge in [-0.15, -0.1) is 11.8 Å². The largest absolute Gasteiger partial charge is 0.352 e. The highest BCUT2D eigenvalue weighted by Crippen LogP contribution is 2.17. The Morgan fingerprint density at radius 1 is 1.03 bits per heavy atom. The minimum absolute atomic E-state index is 0.0169. The average Bonchev–Trinajstić information content (AvgIpc) is 2.75. The van der Waals surface area contributed by atoms with Crippen LogP contribution in [0.4, 0.5) is 0 Å². The van der Waals surface area contributed by atoms with Crippen LogP contribution in [0.3, 0.4) is 0 Å². The molecule has 2 unspecified atom stereocenters. The molecule has 0 saturated carbocycles. The van der Waals surface area contributed by atoms with Crippen LogP contribution in [-0.4, -0.2) is 41.1 Å². The van der Waals surface area contributed by atoms with Gasteiger partial charge in [-0.3, -0.25) is 9.59 Å². The normalized spacial score (nSPS) is 12.8. The second kappa shape index (κ2) is 12.7. The molecule has 0 aliphatic carbocycles. The molecule has 30 heavy (non-hydrogen) atoms. The maximum atomic E-state index is 13.0. The van der Waals surface area contributed by atoms with Gasteiger partial charge >= 0.3 is 0 Å². The Morgan fingerprint density at radius 2 is 1.70 bits per heavy atom. The summed E-state index contributed by atoms with van der Waals surface area (Å²) in [5.41, 5.74) is 2.27. The fourth-order valence-corrected chi connectivity index (χ4v) is 3.95. The first kappa shape index (κ1) is 24.3. The van der Waals surface area contributed by atoms with Gasteiger partial charge in [-0.05, 0) is 49.9 Å². The number of carbonyl (C=O) groups is 2. The van der Waals surface area contributed by atoms with E-state index in [1.54, 1.807) is 16.7 Å². The molecule has 2 aromatic carbocycles. The first-order chi connectivity index (χ1) is 14.4. The average molecular weight is 447 g/mol. The molecule has 0 radical (unpaired) electrons. The molecule has 0 aliphatic rings. The number of carbonyl (C=O) groups excluding carboxylic acids is 2. The van der Waals surface area contributed by atoms with E-state index < -0.39 is 6.04 Å². The Kier molecular flexibility index (Phi) is 10.2. The zero-order valence-electron chi connectivity index (χ0n) is 17.9. The van der Waals surface area contributed by atoms with Crippen molar-refractivity contribution in [2.24, 2.45) is 0 Å². The molecule has 162 valence electrons. The summed E-state index contributed by atoms with van der Waals surface area (Å²) in [5.74, 6) is 0.937. The highest BCUT2D eigenvalue weighted by Gasteiger charge is 2.26. The highest BCUT2D eigenvalue weighted by atomic mass is 35.5. The van der Waals surface area contributed by atoms with Crippen LogP contribution in [0.25, 0.3) is 0 Å². The van der Waals surface area contributed by atoms with Crippen LogP contribution in [0, 0.1) is 0 Å². The third-order valence-electron chi connectivity index (χ3n) is 5.06. The summed E-state index contributed by atoms with van der Waals surface area (Å²) in [6, 6.07) is 17.3. The lowest BCUT2D eigenvalue weighted by Gasteiger charge is -2.29. The maximum absolute atomic E-state index is 13.0. The molecule has 0 saturated heterocycles. The van der Waals surface area contributed by atoms with Crippen LogP contribution >= 0.6 is 23.4 Å². The molecule has 6 heteroatoms. The Balaban J connectivity index is 1.99. The van der Waals surface area contributed by atoms with Crippen LogP contribution in [0.5, 0.6) is 0 Å². The number of hydrogen-bond donors (Lipinski definition) is 1. The van der Waals surface area contributed by atoms with E-state index in [4.69, 9.17) is 11.6 Å². The molecule has 0 heterocycles. The molecule has 0 aromatic heterocycles. The van der Waals surface area contributed by atoms with E-state index in [2.05, 4.69) is 5.32 Å². The minimum Gasteiger partial charge on any atom is -0.352 e. The topological polar surface area (TPSA) is 49.4 Å². The lowest BCUT2D eigenvalue weighted by Crippen LogP contribution is -2.51. The van der Waals surface area contributed by atoms with E-state index in [1.807, 2.05) is 75.4 Å². The summed E-state index contributed by atoms with van der Waals surface area (Å²) in [6.07, 6.45) is 1.57. The lowest BCUT2D eigenvalue weighted by atomic mass is 10.1. The smallest absolute Gasteiger partial charge is 0.242 e. The number of amides is 2. The Morgan fingerprint density at radius 3 is 2.33 bits per heavy atom. The van der Waals surface area contributed by atoms with Gasteiger partial charge in [-0.2, -0.15) is 0 Å². The summed E-state index contributed by atoms with van der Waals surface area (Å²) in [7, 11) is 0. The molecule has 2 atom stereocenters. The molecule has 2 aromatic rings. The molecule has 1 N–H and O–H groups in total. The second-order valence-corrected chi connectivity index (χ2v) is 8.86. The Labute approximate surface area is 189 Å². The van der Waals surface area contributed by atoms with Crippen molar-refractivity contribution in [2.45, 2.75) is 51.4 Å². The van der Waals surface area contributed by atoms with Gasteiger partial charge in [-0.25, -0.2) is 0 Å². The molecular formula is C24H31ClN2O2S. The number of thioether (sulfide) groups is 1. The van der Waals surface area contributed by atoms with E-state index in [0.717, 1.165) is 29.7 Å². The summed E-state index contributed by atoms with van der Waals surface area (Å²) < 4.78 is 0. The number of hydrogen-bond acceptors (Lipinski definition) is 3. The van der Waals surface area contributed by atoms with E-state index in [0.29, 0.717) is 17.3 Å². The van der Waals surface area contributed by atoms with Gasteiger partial charge in [0.1, 0.15) is 6.04 Å². The van der Waals surface area contributed by atoms with Crippen LogP contribution in [0.2, 0.25) is 5.02 Å². The van der Waals surface area contributed by atoms with Crippen LogP contribution < -0.4 is 5.32 Å². The molecule has 2 amide bonds. The molecular weight excluding hydrogens is 416 g/mol. The summed E-state index contributed by atoms with van der Waals surface area (Å²) in [6.45, 7) is 6.33. The van der Waals surface area contributed by atoms with Crippen LogP contribution in [0.1, 0.15) is 38.3 Å². The zero-order valence-corrected chi connectivity index (χ0v) is 19.5. The molecule has 0 bridgehead atoms. The zero-order chi connectivity index (χ0) is 21.9. The quantitative estimate of drug-likeness (QED) is 0.531. The monoisotopic (exact) mass is 446 g/mol. The Hall–Kier alpha value is -1.98. The first-order valence-corrected chi connectivity index (χ1v) is 11.9. The van der Waals surface area contributed by atoms with Gasteiger partial charge in [0.25, 0.3) is 0 Å². The van der Waals surface area contributed by atoms with Crippen molar-refractivity contribution >= 4 is 35.2 Å². The number of nitrogens with zero attached hydrogens (tertiary/aromatic N) is 1. The van der Waals surface area contributed by atoms with Crippen LogP contribution in [0.15, 0.2) is 54.6 Å². The maximum Gasteiger partial charge on any atom is 0.242 e. The van der Waals surface area contributed by atoms with Crippen molar-refractivity contribution in [1.82, 2.24) is 10.2 Å². The second-order valence-electron chi connectivity index (χ2n) is 7.44. The molecule has 0 aliphatic heterocycles. The third kappa shape index (κ3) is 8.04. The Bertz CT molecular complexity index is 799. The predicted molar refractivity (Wildman–Crippen MR) is 127 cm³/mol. The van der Waals surface area contributed by atoms with E-state index in [1.165, 1.54) is 0 Å². The summed E-state index contributed by atoms with van der Waals surface area (Å²) in [5, 5.41) is 3.70. The SMILES string of the molecule is CCC(C)NC(=O)C(C)N(CCc1ccccc1)C(=O)CSCc1ccc(Cl)cc1. The van der Waals surface area contributed by atoms with Crippen molar-refractivity contribution in [1.29, 1.82) is 0 Å². The van der Waals surface area contributed by atoms with Gasteiger partial charge in [0.05, 0.1) is 5.75 Å². The van der Waals surface area contributed by atoms with Gasteiger partial charge in [-0.1, -0.05) is 61.0 Å². The summed E-state index contributed by atoms with van der Waals surface area (Å²) >= 11 is 7.48. The number of benzene rings is 2. The number of halogens is 1. The fraction of sp³-hybridized carbons (Fsp3) is 0.417. The predicted octanol–water partition coefficient (Wildman–Crippen LogP) is 4.95. The van der Waals surface area contributed by atoms with Crippen molar-refractivity contribution < 1.29 is 9.59 Å². The molecule has 0 fully saturated rings. The van der Waals surface area contributed by atoms with Crippen molar-refractivity contribution in [2.75, 3.05) is 12.3 Å². The standard InChI is InChI=1S/C24H31ClN2O2S/c1-4-18(2)26-24(29)19(3)27(15-14-20-8-6-5-7-9-20)23(28)17-30-16-21-10-12-22(25)13-11-21/h5-13,18-19H,4,14-17H2,1-3H3,(H,26,29). The highest BCUT2D eigenvalue weighted by molar-refractivity contribution is 7.99. The molecule has 4 nitrogen and oxygen atoms in total. The van der Waals surface area contributed by atoms with Crippen molar-refractivity contribution in [3.63, 3.8) is 0 Å². The van der Waals surface area contributed by atoms with Gasteiger partial charge < -0.3 is 10.2 Å². The minimum atomic E-state index is -0.508. The molecule has 0 spiro atoms. The molecule has 2 rings (SSSR count). The third-order valence-corrected chi connectivity index (χ3v) is 6.30. The van der Waals surface area contributed by atoms with Crippen LogP contribution in [-0.2, 0) is 21.8 Å². The first-order valence-electron chi connectivity index (χ1n) is 10.4. The van der Waals surface area contributed by atoms with Crippen molar-refractivity contribution in [3.05, 3.63) is 70.7 Å². The fourth-order valence-electron chi connectivity index (χ4n) is 2.96. The van der Waals surface area contributed by atoms with E-state index in [9.17, 15) is 9.59 Å². The van der Waals surface area contributed by atoms with E-state index in [-0.39, 0.29) is 17.9 Å². The summed E-state index contributed by atoms with van der Waals surface area (Å²) in [4.78, 5) is 27.4. The van der Waals surface area contributed by atoms with E-state index >= 15 is 0 Å². The number of nitrogens with one attached hydrogen (secondary N) is 1. The van der Waals surface area contributed by atoms with Gasteiger partial charge in [0.2, 0.25) is 11.8 Å².